The average Bonchev–Trinajstić information content (AvgIpc) is 3.37. The van der Waals surface area contributed by atoms with Crippen LogP contribution in [0.15, 0.2) is 67.1 Å². The molecule has 0 bridgehead atoms. The molecule has 2 aromatic carbocycles. The third kappa shape index (κ3) is 5.22. The average molecular weight is 460 g/mol. The summed E-state index contributed by atoms with van der Waals surface area (Å²) in [6.45, 7) is 0.409. The Balaban J connectivity index is 1.35. The van der Waals surface area contributed by atoms with Crippen molar-refractivity contribution >= 4 is 34.8 Å². The van der Waals surface area contributed by atoms with Gasteiger partial charge in [0.05, 0.1) is 28.5 Å². The molecule has 1 amide bonds. The van der Waals surface area contributed by atoms with Crippen molar-refractivity contribution in [3.63, 3.8) is 0 Å². The maximum Gasteiger partial charge on any atom is 0.276 e. The van der Waals surface area contributed by atoms with Crippen molar-refractivity contribution in [2.75, 3.05) is 5.32 Å². The molecule has 0 radical (unpaired) electrons. The minimum Gasteiger partial charge on any atom is -0.468 e. The number of ether oxygens (including phenoxy) is 1. The second-order valence-electron chi connectivity index (χ2n) is 6.58. The van der Waals surface area contributed by atoms with Crippen LogP contribution in [0.4, 0.5) is 10.1 Å². The lowest BCUT2D eigenvalue weighted by Gasteiger charge is -2.09. The van der Waals surface area contributed by atoms with Crippen molar-refractivity contribution in [3.05, 3.63) is 94.2 Å². The van der Waals surface area contributed by atoms with E-state index in [2.05, 4.69) is 15.5 Å². The zero-order valence-electron chi connectivity index (χ0n) is 16.0. The van der Waals surface area contributed by atoms with E-state index in [0.717, 1.165) is 5.56 Å². The number of hydrogen-bond acceptors (Lipinski definition) is 4. The Hall–Kier alpha value is -3.36. The van der Waals surface area contributed by atoms with Gasteiger partial charge in [0.15, 0.2) is 18.2 Å². The predicted molar refractivity (Wildman–Crippen MR) is 115 cm³/mol. The summed E-state index contributed by atoms with van der Waals surface area (Å²) in [7, 11) is 0. The molecule has 0 spiro atoms. The van der Waals surface area contributed by atoms with Crippen LogP contribution in [-0.2, 0) is 13.3 Å². The van der Waals surface area contributed by atoms with Crippen LogP contribution in [0, 0.1) is 5.82 Å². The summed E-state index contributed by atoms with van der Waals surface area (Å²) >= 11 is 12.1. The number of para-hydroxylation sites is 1. The number of carbonyl (C=O) groups excluding carboxylic acids is 1. The molecule has 2 aromatic heterocycles. The van der Waals surface area contributed by atoms with E-state index in [4.69, 9.17) is 27.9 Å². The highest BCUT2D eigenvalue weighted by Crippen LogP contribution is 2.32. The summed E-state index contributed by atoms with van der Waals surface area (Å²) in [6.07, 6.45) is 4.77. The van der Waals surface area contributed by atoms with Gasteiger partial charge in [0, 0.05) is 12.4 Å². The van der Waals surface area contributed by atoms with E-state index in [0.29, 0.717) is 28.0 Å². The molecule has 158 valence electrons. The summed E-state index contributed by atoms with van der Waals surface area (Å²) < 4.78 is 22.0. The van der Waals surface area contributed by atoms with Crippen molar-refractivity contribution in [2.45, 2.75) is 13.3 Å². The Morgan fingerprint density at radius 2 is 1.87 bits per heavy atom. The van der Waals surface area contributed by atoms with Crippen LogP contribution in [0.2, 0.25) is 10.0 Å². The van der Waals surface area contributed by atoms with Crippen LogP contribution < -0.4 is 10.1 Å². The lowest BCUT2D eigenvalue weighted by atomic mass is 10.2. The van der Waals surface area contributed by atoms with Crippen LogP contribution in [0.1, 0.15) is 16.1 Å². The van der Waals surface area contributed by atoms with Gasteiger partial charge in [-0.25, -0.2) is 9.07 Å². The van der Waals surface area contributed by atoms with Gasteiger partial charge in [-0.2, -0.15) is 10.2 Å². The van der Waals surface area contributed by atoms with Crippen LogP contribution in [0.5, 0.6) is 5.75 Å². The zero-order chi connectivity index (χ0) is 21.8. The minimum atomic E-state index is -0.403. The summed E-state index contributed by atoms with van der Waals surface area (Å²) in [5.74, 6) is -0.368. The van der Waals surface area contributed by atoms with Crippen LogP contribution in [0.3, 0.4) is 0 Å². The molecule has 2 heterocycles. The number of aromatic nitrogens is 4. The van der Waals surface area contributed by atoms with E-state index < -0.39 is 5.91 Å². The van der Waals surface area contributed by atoms with Gasteiger partial charge >= 0.3 is 0 Å². The van der Waals surface area contributed by atoms with Gasteiger partial charge in [-0.3, -0.25) is 9.48 Å². The minimum absolute atomic E-state index is 0.0301. The van der Waals surface area contributed by atoms with E-state index in [9.17, 15) is 9.18 Å². The first-order chi connectivity index (χ1) is 15.0. The van der Waals surface area contributed by atoms with Crippen LogP contribution in [-0.4, -0.2) is 25.5 Å². The first-order valence-electron chi connectivity index (χ1n) is 9.16. The molecule has 0 aliphatic heterocycles. The summed E-state index contributed by atoms with van der Waals surface area (Å²) in [4.78, 5) is 12.5. The molecule has 7 nitrogen and oxygen atoms in total. The number of carbonyl (C=O) groups is 1. The Bertz CT molecular complexity index is 1200. The second-order valence-corrected chi connectivity index (χ2v) is 7.39. The maximum absolute atomic E-state index is 13.3. The molecule has 0 unspecified atom stereocenters. The number of anilines is 1. The first kappa shape index (κ1) is 20.9. The summed E-state index contributed by atoms with van der Waals surface area (Å²) in [5.41, 5.74) is 1.46. The normalized spacial score (nSPS) is 10.8. The van der Waals surface area contributed by atoms with Gasteiger partial charge in [0.1, 0.15) is 5.82 Å². The molecule has 0 aliphatic carbocycles. The molecule has 0 atom stereocenters. The Labute approximate surface area is 187 Å². The van der Waals surface area contributed by atoms with Gasteiger partial charge in [0.25, 0.3) is 5.91 Å². The predicted octanol–water partition coefficient (Wildman–Crippen LogP) is 4.86. The lowest BCUT2D eigenvalue weighted by Crippen LogP contribution is -2.14. The third-order valence-corrected chi connectivity index (χ3v) is 4.85. The molecule has 4 aromatic rings. The van der Waals surface area contributed by atoms with E-state index in [1.165, 1.54) is 23.0 Å². The molecular formula is C21H16Cl2FN5O2. The standard InChI is InChI=1S/C21H16Cl2FN5O2/c22-17-5-2-6-18(23)20(17)31-13-28-8-7-19(27-28)21(30)26-16-10-25-29(12-16)11-14-3-1-4-15(24)9-14/h1-10,12H,11,13H2,(H,26,30). The number of benzene rings is 2. The fourth-order valence-corrected chi connectivity index (χ4v) is 3.34. The molecular weight excluding hydrogens is 444 g/mol. The Kier molecular flexibility index (Phi) is 6.20. The molecule has 1 N–H and O–H groups in total. The molecule has 0 aliphatic rings. The Morgan fingerprint density at radius 1 is 1.10 bits per heavy atom. The number of nitrogens with zero attached hydrogens (tertiary/aromatic N) is 4. The van der Waals surface area contributed by atoms with Gasteiger partial charge < -0.3 is 10.1 Å². The molecule has 0 fully saturated rings. The third-order valence-electron chi connectivity index (χ3n) is 4.26. The fourth-order valence-electron chi connectivity index (χ4n) is 2.84. The van der Waals surface area contributed by atoms with Gasteiger partial charge in [-0.05, 0) is 35.9 Å². The van der Waals surface area contributed by atoms with E-state index in [1.54, 1.807) is 53.5 Å². The topological polar surface area (TPSA) is 74.0 Å². The quantitative estimate of drug-likeness (QED) is 0.428. The molecule has 4 rings (SSSR count). The SMILES string of the molecule is O=C(Nc1cnn(Cc2cccc(F)c2)c1)c1ccn(COc2c(Cl)cccc2Cl)n1. The lowest BCUT2D eigenvalue weighted by molar-refractivity contribution is 0.102. The van der Waals surface area contributed by atoms with Crippen molar-refractivity contribution in [1.29, 1.82) is 0 Å². The highest BCUT2D eigenvalue weighted by molar-refractivity contribution is 6.37. The molecule has 10 heteroatoms. The number of nitrogens with one attached hydrogen (secondary N) is 1. The van der Waals surface area contributed by atoms with Gasteiger partial charge in [-0.1, -0.05) is 41.4 Å². The largest absolute Gasteiger partial charge is 0.468 e. The number of hydrogen-bond donors (Lipinski definition) is 1. The fraction of sp³-hybridized carbons (Fsp3) is 0.0952. The smallest absolute Gasteiger partial charge is 0.276 e. The maximum atomic E-state index is 13.3. The van der Waals surface area contributed by atoms with Crippen LogP contribution in [0.25, 0.3) is 0 Å². The zero-order valence-corrected chi connectivity index (χ0v) is 17.5. The van der Waals surface area contributed by atoms with Crippen molar-refractivity contribution < 1.29 is 13.9 Å². The molecule has 31 heavy (non-hydrogen) atoms. The van der Waals surface area contributed by atoms with E-state index in [-0.39, 0.29) is 18.2 Å². The summed E-state index contributed by atoms with van der Waals surface area (Å²) in [5, 5.41) is 11.9. The number of rotatable bonds is 7. The van der Waals surface area contributed by atoms with Crippen molar-refractivity contribution in [3.8, 4) is 5.75 Å². The van der Waals surface area contributed by atoms with Crippen molar-refractivity contribution in [1.82, 2.24) is 19.6 Å². The molecule has 0 saturated heterocycles. The Morgan fingerprint density at radius 3 is 2.65 bits per heavy atom. The van der Waals surface area contributed by atoms with E-state index >= 15 is 0 Å². The van der Waals surface area contributed by atoms with Gasteiger partial charge in [0.2, 0.25) is 0 Å². The van der Waals surface area contributed by atoms with E-state index in [1.807, 2.05) is 0 Å². The summed E-state index contributed by atoms with van der Waals surface area (Å²) in [6, 6.07) is 12.9. The van der Waals surface area contributed by atoms with Gasteiger partial charge in [-0.15, -0.1) is 0 Å². The highest BCUT2D eigenvalue weighted by atomic mass is 35.5. The highest BCUT2D eigenvalue weighted by Gasteiger charge is 2.12. The first-order valence-corrected chi connectivity index (χ1v) is 9.92. The molecule has 0 saturated carbocycles. The number of halogens is 3. The number of amides is 1. The second kappa shape index (κ2) is 9.20. The van der Waals surface area contributed by atoms with Crippen molar-refractivity contribution in [2.24, 2.45) is 0 Å². The van der Waals surface area contributed by atoms with Crippen LogP contribution >= 0.6 is 23.2 Å². The monoisotopic (exact) mass is 459 g/mol.